The number of hydrogen-bond donors (Lipinski definition) is 2. The number of piperidine rings is 1. The predicted octanol–water partition coefficient (Wildman–Crippen LogP) is 2.86. The summed E-state index contributed by atoms with van der Waals surface area (Å²) in [5, 5.41) is 20.2. The third-order valence-corrected chi connectivity index (χ3v) is 5.22. The molecule has 0 bridgehead atoms. The van der Waals surface area contributed by atoms with E-state index in [0.717, 1.165) is 44.6 Å². The molecule has 1 aromatic rings. The van der Waals surface area contributed by atoms with Gasteiger partial charge in [-0.15, -0.1) is 0 Å². The van der Waals surface area contributed by atoms with Crippen LogP contribution in [0.25, 0.3) is 5.57 Å². The van der Waals surface area contributed by atoms with Gasteiger partial charge in [0.2, 0.25) is 0 Å². The SMILES string of the molecule is CN1CCC(N/C=C(\C=N)c2cc(C(F)(F)F)c(C#N)c(N3CCC3)n2)CC1. The monoisotopic (exact) mass is 392 g/mol. The van der Waals surface area contributed by atoms with Crippen LogP contribution >= 0.6 is 0 Å². The summed E-state index contributed by atoms with van der Waals surface area (Å²) in [5.41, 5.74) is -1.16. The number of halogens is 3. The van der Waals surface area contributed by atoms with E-state index in [2.05, 4.69) is 15.2 Å². The molecule has 2 aliphatic rings. The number of nitriles is 1. The quantitative estimate of drug-likeness (QED) is 0.754. The average molecular weight is 392 g/mol. The van der Waals surface area contributed by atoms with E-state index >= 15 is 0 Å². The van der Waals surface area contributed by atoms with Crippen LogP contribution in [0.2, 0.25) is 0 Å². The van der Waals surface area contributed by atoms with E-state index < -0.39 is 17.3 Å². The number of anilines is 1. The Morgan fingerprint density at radius 3 is 2.50 bits per heavy atom. The number of nitrogens with zero attached hydrogens (tertiary/aromatic N) is 4. The van der Waals surface area contributed by atoms with Gasteiger partial charge in [-0.2, -0.15) is 18.4 Å². The van der Waals surface area contributed by atoms with Crippen molar-refractivity contribution in [3.63, 3.8) is 0 Å². The molecular weight excluding hydrogens is 369 g/mol. The highest BCUT2D eigenvalue weighted by Gasteiger charge is 2.37. The standard InChI is InChI=1S/C19H23F3N6/c1-27-7-3-14(4-8-27)25-12-13(10-23)17-9-16(19(20,21)22)15(11-24)18(26-17)28-5-2-6-28/h9-10,12,14,23,25H,2-8H2,1H3/b13-12+,23-10?. The van der Waals surface area contributed by atoms with Crippen molar-refractivity contribution in [3.05, 3.63) is 29.1 Å². The number of hydrogen-bond acceptors (Lipinski definition) is 6. The van der Waals surface area contributed by atoms with Gasteiger partial charge in [-0.1, -0.05) is 0 Å². The van der Waals surface area contributed by atoms with Crippen molar-refractivity contribution in [1.29, 1.82) is 10.7 Å². The topological polar surface area (TPSA) is 79.0 Å². The van der Waals surface area contributed by atoms with Gasteiger partial charge in [-0.05, 0) is 45.5 Å². The molecule has 9 heteroatoms. The Morgan fingerprint density at radius 1 is 1.32 bits per heavy atom. The molecule has 2 aliphatic heterocycles. The van der Waals surface area contributed by atoms with Crippen LogP contribution in [0.1, 0.15) is 36.1 Å². The number of allylic oxidation sites excluding steroid dienone is 1. The highest BCUT2D eigenvalue weighted by Crippen LogP contribution is 2.37. The molecule has 0 saturated carbocycles. The van der Waals surface area contributed by atoms with Crippen molar-refractivity contribution >= 4 is 17.6 Å². The molecule has 0 aliphatic carbocycles. The molecule has 3 heterocycles. The molecule has 28 heavy (non-hydrogen) atoms. The van der Waals surface area contributed by atoms with Gasteiger partial charge in [0.05, 0.1) is 11.3 Å². The maximum Gasteiger partial charge on any atom is 0.417 e. The highest BCUT2D eigenvalue weighted by atomic mass is 19.4. The minimum Gasteiger partial charge on any atom is -0.387 e. The molecule has 0 aromatic carbocycles. The molecule has 0 spiro atoms. The summed E-state index contributed by atoms with van der Waals surface area (Å²) in [6, 6.07) is 2.75. The van der Waals surface area contributed by atoms with Crippen molar-refractivity contribution in [3.8, 4) is 6.07 Å². The van der Waals surface area contributed by atoms with E-state index in [1.807, 2.05) is 7.05 Å². The molecule has 2 saturated heterocycles. The van der Waals surface area contributed by atoms with E-state index in [0.29, 0.717) is 13.1 Å². The Labute approximate surface area is 162 Å². The van der Waals surface area contributed by atoms with Crippen molar-refractivity contribution in [2.75, 3.05) is 38.1 Å². The first-order valence-corrected chi connectivity index (χ1v) is 9.26. The Hall–Kier alpha value is -2.60. The maximum absolute atomic E-state index is 13.6. The number of pyridine rings is 1. The molecule has 0 unspecified atom stereocenters. The molecule has 150 valence electrons. The van der Waals surface area contributed by atoms with Gasteiger partial charge in [0.25, 0.3) is 0 Å². The second kappa shape index (κ2) is 8.19. The normalized spacial score (nSPS) is 19.1. The van der Waals surface area contributed by atoms with Crippen LogP contribution in [0, 0.1) is 16.7 Å². The van der Waals surface area contributed by atoms with E-state index in [-0.39, 0.29) is 23.1 Å². The molecule has 2 N–H and O–H groups in total. The van der Waals surface area contributed by atoms with Crippen LogP contribution in [-0.4, -0.2) is 55.4 Å². The molecular formula is C19H23F3N6. The minimum absolute atomic E-state index is 0.0450. The Bertz CT molecular complexity index is 799. The van der Waals surface area contributed by atoms with Gasteiger partial charge in [-0.3, -0.25) is 0 Å². The van der Waals surface area contributed by atoms with Gasteiger partial charge in [-0.25, -0.2) is 4.98 Å². The van der Waals surface area contributed by atoms with E-state index in [1.54, 1.807) is 17.2 Å². The number of aromatic nitrogens is 1. The smallest absolute Gasteiger partial charge is 0.387 e. The zero-order valence-electron chi connectivity index (χ0n) is 15.7. The van der Waals surface area contributed by atoms with E-state index in [4.69, 9.17) is 5.41 Å². The van der Waals surface area contributed by atoms with Crippen LogP contribution in [0.5, 0.6) is 0 Å². The van der Waals surface area contributed by atoms with Gasteiger partial charge < -0.3 is 20.5 Å². The zero-order chi connectivity index (χ0) is 20.3. The van der Waals surface area contributed by atoms with Crippen LogP contribution in [0.15, 0.2) is 12.3 Å². The van der Waals surface area contributed by atoms with E-state index in [1.165, 1.54) is 0 Å². The molecule has 0 amide bonds. The lowest BCUT2D eigenvalue weighted by Gasteiger charge is -2.33. The van der Waals surface area contributed by atoms with Crippen LogP contribution < -0.4 is 10.2 Å². The fourth-order valence-electron chi connectivity index (χ4n) is 3.34. The maximum atomic E-state index is 13.6. The van der Waals surface area contributed by atoms with Crippen molar-refractivity contribution in [2.24, 2.45) is 0 Å². The first-order chi connectivity index (χ1) is 13.3. The Balaban J connectivity index is 1.95. The second-order valence-electron chi connectivity index (χ2n) is 7.19. The molecule has 0 atom stereocenters. The fraction of sp³-hybridized carbons (Fsp3) is 0.526. The van der Waals surface area contributed by atoms with Crippen LogP contribution in [0.4, 0.5) is 19.0 Å². The summed E-state index contributed by atoms with van der Waals surface area (Å²) in [6.07, 6.45) is 0.589. The number of rotatable bonds is 5. The number of nitrogens with one attached hydrogen (secondary N) is 2. The largest absolute Gasteiger partial charge is 0.417 e. The summed E-state index contributed by atoms with van der Waals surface area (Å²) < 4.78 is 40.7. The first kappa shape index (κ1) is 20.1. The summed E-state index contributed by atoms with van der Waals surface area (Å²) in [4.78, 5) is 8.21. The molecule has 3 rings (SSSR count). The summed E-state index contributed by atoms with van der Waals surface area (Å²) >= 11 is 0. The fourth-order valence-corrected chi connectivity index (χ4v) is 3.34. The minimum atomic E-state index is -4.67. The first-order valence-electron chi connectivity index (χ1n) is 9.26. The van der Waals surface area contributed by atoms with Gasteiger partial charge in [0, 0.05) is 37.1 Å². The Morgan fingerprint density at radius 2 is 2.00 bits per heavy atom. The second-order valence-corrected chi connectivity index (χ2v) is 7.19. The van der Waals surface area contributed by atoms with Gasteiger partial charge >= 0.3 is 6.18 Å². The number of alkyl halides is 3. The predicted molar refractivity (Wildman–Crippen MR) is 101 cm³/mol. The lowest BCUT2D eigenvalue weighted by molar-refractivity contribution is -0.137. The molecule has 6 nitrogen and oxygen atoms in total. The third kappa shape index (κ3) is 4.28. The van der Waals surface area contributed by atoms with Crippen LogP contribution in [-0.2, 0) is 6.18 Å². The Kier molecular flexibility index (Phi) is 5.89. The average Bonchev–Trinajstić information content (AvgIpc) is 2.61. The highest BCUT2D eigenvalue weighted by molar-refractivity contribution is 6.07. The van der Waals surface area contributed by atoms with Crippen molar-refractivity contribution in [1.82, 2.24) is 15.2 Å². The molecule has 0 radical (unpaired) electrons. The zero-order valence-corrected chi connectivity index (χ0v) is 15.7. The van der Waals surface area contributed by atoms with Crippen LogP contribution in [0.3, 0.4) is 0 Å². The summed E-state index contributed by atoms with van der Waals surface area (Å²) in [7, 11) is 2.05. The van der Waals surface area contributed by atoms with Gasteiger partial charge in [0.15, 0.2) is 0 Å². The molecule has 2 fully saturated rings. The lowest BCUT2D eigenvalue weighted by Crippen LogP contribution is -2.39. The van der Waals surface area contributed by atoms with Gasteiger partial charge in [0.1, 0.15) is 17.5 Å². The van der Waals surface area contributed by atoms with Crippen molar-refractivity contribution < 1.29 is 13.2 Å². The van der Waals surface area contributed by atoms with E-state index in [9.17, 15) is 18.4 Å². The lowest BCUT2D eigenvalue weighted by atomic mass is 10.0. The summed E-state index contributed by atoms with van der Waals surface area (Å²) in [6.45, 7) is 3.02. The number of likely N-dealkylation sites (tertiary alicyclic amines) is 1. The van der Waals surface area contributed by atoms with Crippen molar-refractivity contribution in [2.45, 2.75) is 31.5 Å². The molecule has 1 aromatic heterocycles. The third-order valence-electron chi connectivity index (χ3n) is 5.22. The summed E-state index contributed by atoms with van der Waals surface area (Å²) in [5.74, 6) is 0.0469.